The Morgan fingerprint density at radius 3 is 2.31 bits per heavy atom. The summed E-state index contributed by atoms with van der Waals surface area (Å²) >= 11 is 0. The van der Waals surface area contributed by atoms with Crippen molar-refractivity contribution in [3.05, 3.63) is 75.4 Å². The third-order valence-electron chi connectivity index (χ3n) is 6.55. The molecule has 0 spiro atoms. The van der Waals surface area contributed by atoms with Gasteiger partial charge < -0.3 is 29.6 Å². The molecule has 7 nitrogen and oxygen atoms in total. The molecule has 1 aliphatic rings. The Balaban J connectivity index is 1.87. The first-order valence-corrected chi connectivity index (χ1v) is 11.6. The molecular weight excluding hydrogens is 444 g/mol. The van der Waals surface area contributed by atoms with Crippen molar-refractivity contribution >= 4 is 5.69 Å². The summed E-state index contributed by atoms with van der Waals surface area (Å²) in [5.41, 5.74) is 5.26. The van der Waals surface area contributed by atoms with E-state index < -0.39 is 0 Å². The molecule has 3 aromatic rings. The first-order chi connectivity index (χ1) is 17.1. The number of aryl methyl sites for hydroxylation is 1. The van der Waals surface area contributed by atoms with Crippen LogP contribution >= 0.6 is 0 Å². The molecule has 4 rings (SSSR count). The zero-order valence-electron chi connectivity index (χ0n) is 20.9. The van der Waals surface area contributed by atoms with Crippen LogP contribution in [-0.2, 0) is 13.0 Å². The van der Waals surface area contributed by atoms with Crippen LogP contribution in [0.3, 0.4) is 0 Å². The quantitative estimate of drug-likeness (QED) is 0.493. The van der Waals surface area contributed by atoms with E-state index in [-0.39, 0.29) is 11.5 Å². The molecule has 3 aromatic carbocycles. The van der Waals surface area contributed by atoms with Crippen molar-refractivity contribution in [2.45, 2.75) is 25.4 Å². The van der Waals surface area contributed by atoms with Gasteiger partial charge in [-0.15, -0.1) is 0 Å². The van der Waals surface area contributed by atoms with Crippen molar-refractivity contribution in [2.24, 2.45) is 0 Å². The van der Waals surface area contributed by atoms with Crippen LogP contribution < -0.4 is 35.0 Å². The van der Waals surface area contributed by atoms with Gasteiger partial charge in [-0.2, -0.15) is 0 Å². The lowest BCUT2D eigenvalue weighted by Crippen LogP contribution is -2.18. The van der Waals surface area contributed by atoms with Crippen molar-refractivity contribution in [3.8, 4) is 34.1 Å². The van der Waals surface area contributed by atoms with Gasteiger partial charge in [0.15, 0.2) is 11.5 Å². The summed E-state index contributed by atoms with van der Waals surface area (Å²) in [6, 6.07) is 15.3. The second-order valence-electron chi connectivity index (χ2n) is 8.35. The Bertz CT molecular complexity index is 1270. The highest BCUT2D eigenvalue weighted by Crippen LogP contribution is 2.50. The molecule has 0 aromatic heterocycles. The van der Waals surface area contributed by atoms with Gasteiger partial charge in [-0.3, -0.25) is 4.79 Å². The number of fused-ring (bicyclic) bond motifs is 3. The molecule has 0 aliphatic heterocycles. The molecule has 7 heteroatoms. The average Bonchev–Trinajstić information content (AvgIpc) is 3.14. The summed E-state index contributed by atoms with van der Waals surface area (Å²) < 4.78 is 22.5. The van der Waals surface area contributed by atoms with Crippen LogP contribution in [0, 0.1) is 0 Å². The van der Waals surface area contributed by atoms with Crippen molar-refractivity contribution in [2.75, 3.05) is 40.8 Å². The molecule has 0 bridgehead atoms. The van der Waals surface area contributed by atoms with Crippen molar-refractivity contribution in [1.82, 2.24) is 5.32 Å². The van der Waals surface area contributed by atoms with Gasteiger partial charge in [0.2, 0.25) is 11.2 Å². The normalized spacial score (nSPS) is 14.3. The molecule has 0 saturated heterocycles. The highest BCUT2D eigenvalue weighted by Gasteiger charge is 2.28. The maximum atomic E-state index is 13.3. The molecular formula is C28H32N2O5. The summed E-state index contributed by atoms with van der Waals surface area (Å²) in [5, 5.41) is 6.68. The van der Waals surface area contributed by atoms with E-state index in [1.807, 2.05) is 49.5 Å². The van der Waals surface area contributed by atoms with Crippen molar-refractivity contribution in [1.29, 1.82) is 0 Å². The van der Waals surface area contributed by atoms with Gasteiger partial charge in [0, 0.05) is 23.7 Å². The molecule has 184 valence electrons. The van der Waals surface area contributed by atoms with Gasteiger partial charge in [-0.05, 0) is 60.8 Å². The average molecular weight is 477 g/mol. The van der Waals surface area contributed by atoms with E-state index in [0.29, 0.717) is 29.5 Å². The summed E-state index contributed by atoms with van der Waals surface area (Å²) in [4.78, 5) is 13.3. The van der Waals surface area contributed by atoms with Crippen LogP contribution in [-0.4, -0.2) is 35.5 Å². The summed E-state index contributed by atoms with van der Waals surface area (Å²) in [7, 11) is 8.40. The minimum Gasteiger partial charge on any atom is -0.496 e. The predicted octanol–water partition coefficient (Wildman–Crippen LogP) is 4.57. The fourth-order valence-electron chi connectivity index (χ4n) is 4.80. The number of nitrogens with one attached hydrogen (secondary N) is 2. The highest BCUT2D eigenvalue weighted by molar-refractivity contribution is 5.83. The molecule has 0 saturated carbocycles. The topological polar surface area (TPSA) is 78.1 Å². The Kier molecular flexibility index (Phi) is 7.46. The standard InChI is InChI=1S/C28H32N2O5/c1-29-21-12-10-17-14-25(33-3)27(34-4)28(35-5)26(17)19-11-13-22(23(31)15-20(19)21)30-16-18-8-6-7-9-24(18)32-2/h6-9,11,13-15,21,29H,10,12,16H2,1-5H3,(H,30,31)/t21-/m1/s1. The van der Waals surface area contributed by atoms with E-state index in [4.69, 9.17) is 18.9 Å². The van der Waals surface area contributed by atoms with E-state index in [2.05, 4.69) is 10.6 Å². The lowest BCUT2D eigenvalue weighted by Gasteiger charge is -2.19. The predicted molar refractivity (Wildman–Crippen MR) is 138 cm³/mol. The Hall–Kier alpha value is -3.71. The fraction of sp³-hybridized carbons (Fsp3) is 0.321. The lowest BCUT2D eigenvalue weighted by molar-refractivity contribution is 0.324. The Morgan fingerprint density at radius 1 is 0.886 bits per heavy atom. The number of para-hydroxylation sites is 1. The van der Waals surface area contributed by atoms with Gasteiger partial charge in [0.05, 0.1) is 34.1 Å². The molecule has 1 atom stereocenters. The van der Waals surface area contributed by atoms with Gasteiger partial charge in [0.1, 0.15) is 5.75 Å². The molecule has 35 heavy (non-hydrogen) atoms. The zero-order valence-corrected chi connectivity index (χ0v) is 20.9. The van der Waals surface area contributed by atoms with Gasteiger partial charge in [-0.1, -0.05) is 24.3 Å². The van der Waals surface area contributed by atoms with Crippen LogP contribution in [0.15, 0.2) is 53.3 Å². The molecule has 0 amide bonds. The lowest BCUT2D eigenvalue weighted by atomic mass is 9.95. The molecule has 0 fully saturated rings. The number of rotatable bonds is 8. The Morgan fingerprint density at radius 2 is 1.63 bits per heavy atom. The van der Waals surface area contributed by atoms with E-state index >= 15 is 0 Å². The largest absolute Gasteiger partial charge is 0.496 e. The third kappa shape index (κ3) is 4.64. The van der Waals surface area contributed by atoms with Crippen LogP contribution in [0.1, 0.15) is 29.2 Å². The second-order valence-corrected chi connectivity index (χ2v) is 8.35. The monoisotopic (exact) mass is 476 g/mol. The molecule has 0 radical (unpaired) electrons. The van der Waals surface area contributed by atoms with Crippen molar-refractivity contribution in [3.63, 3.8) is 0 Å². The molecule has 1 aliphatic carbocycles. The first kappa shape index (κ1) is 24.4. The first-order valence-electron chi connectivity index (χ1n) is 11.6. The van der Waals surface area contributed by atoms with Gasteiger partial charge >= 0.3 is 0 Å². The molecule has 2 N–H and O–H groups in total. The smallest absolute Gasteiger partial charge is 0.203 e. The number of ether oxygens (including phenoxy) is 4. The summed E-state index contributed by atoms with van der Waals surface area (Å²) in [6.45, 7) is 0.467. The van der Waals surface area contributed by atoms with E-state index in [0.717, 1.165) is 46.4 Å². The van der Waals surface area contributed by atoms with Crippen LogP contribution in [0.4, 0.5) is 5.69 Å². The highest BCUT2D eigenvalue weighted by atomic mass is 16.5. The SMILES string of the molecule is CN[C@@H]1CCc2cc(OC)c(OC)c(OC)c2-c2ccc(NCc3ccccc3OC)c(=O)cc21. The van der Waals surface area contributed by atoms with E-state index in [1.54, 1.807) is 34.5 Å². The minimum atomic E-state index is -0.0794. The Labute approximate surface area is 206 Å². The molecule has 0 unspecified atom stereocenters. The summed E-state index contributed by atoms with van der Waals surface area (Å²) in [6.07, 6.45) is 1.62. The van der Waals surface area contributed by atoms with Gasteiger partial charge in [-0.25, -0.2) is 0 Å². The number of hydrogen-bond acceptors (Lipinski definition) is 7. The van der Waals surface area contributed by atoms with Crippen LogP contribution in [0.2, 0.25) is 0 Å². The van der Waals surface area contributed by atoms with E-state index in [9.17, 15) is 4.79 Å². The number of anilines is 1. The van der Waals surface area contributed by atoms with Gasteiger partial charge in [0.25, 0.3) is 0 Å². The zero-order chi connectivity index (χ0) is 24.9. The van der Waals surface area contributed by atoms with Crippen LogP contribution in [0.5, 0.6) is 23.0 Å². The summed E-state index contributed by atoms with van der Waals surface area (Å²) in [5.74, 6) is 2.53. The third-order valence-corrected chi connectivity index (χ3v) is 6.55. The second kappa shape index (κ2) is 10.7. The fourth-order valence-corrected chi connectivity index (χ4v) is 4.80. The van der Waals surface area contributed by atoms with Crippen molar-refractivity contribution < 1.29 is 18.9 Å². The number of methoxy groups -OCH3 is 4. The number of hydrogen-bond donors (Lipinski definition) is 2. The van der Waals surface area contributed by atoms with Crippen LogP contribution in [0.25, 0.3) is 11.1 Å². The number of benzene rings is 2. The maximum absolute atomic E-state index is 13.3. The maximum Gasteiger partial charge on any atom is 0.203 e. The molecule has 0 heterocycles. The minimum absolute atomic E-state index is 0.00117. The van der Waals surface area contributed by atoms with E-state index in [1.165, 1.54) is 0 Å².